The Balaban J connectivity index is 1.56. The van der Waals surface area contributed by atoms with Crippen molar-refractivity contribution in [2.24, 2.45) is 0 Å². The van der Waals surface area contributed by atoms with Gasteiger partial charge in [0.2, 0.25) is 5.91 Å². The number of aromatic amines is 1. The third-order valence-corrected chi connectivity index (χ3v) is 4.77. The molecule has 3 rings (SSSR count). The molecule has 28 heavy (non-hydrogen) atoms. The fourth-order valence-electron chi connectivity index (χ4n) is 3.34. The number of amides is 1. The molecular formula is C20H23F3N4O. The van der Waals surface area contributed by atoms with Crippen LogP contribution in [0.5, 0.6) is 0 Å². The first kappa shape index (κ1) is 20.0. The maximum absolute atomic E-state index is 12.7. The van der Waals surface area contributed by atoms with E-state index in [4.69, 9.17) is 0 Å². The molecule has 0 saturated heterocycles. The molecule has 0 aliphatic carbocycles. The molecule has 2 N–H and O–H groups in total. The molecule has 0 radical (unpaired) electrons. The van der Waals surface area contributed by atoms with Crippen molar-refractivity contribution in [2.75, 3.05) is 0 Å². The number of hydrogen-bond acceptors (Lipinski definition) is 2. The van der Waals surface area contributed by atoms with E-state index in [0.717, 1.165) is 28.1 Å². The minimum atomic E-state index is -4.48. The van der Waals surface area contributed by atoms with Crippen LogP contribution in [0, 0.1) is 13.8 Å². The number of benzene rings is 1. The van der Waals surface area contributed by atoms with Crippen LogP contribution in [0.15, 0.2) is 30.5 Å². The van der Waals surface area contributed by atoms with Crippen LogP contribution in [0.3, 0.4) is 0 Å². The minimum absolute atomic E-state index is 0.0666. The van der Waals surface area contributed by atoms with E-state index in [1.807, 2.05) is 38.2 Å². The van der Waals surface area contributed by atoms with Crippen LogP contribution < -0.4 is 5.32 Å². The lowest BCUT2D eigenvalue weighted by Gasteiger charge is -2.14. The van der Waals surface area contributed by atoms with Crippen LogP contribution in [0.4, 0.5) is 13.2 Å². The average Bonchev–Trinajstić information content (AvgIpc) is 3.17. The molecule has 2 heterocycles. The monoisotopic (exact) mass is 392 g/mol. The van der Waals surface area contributed by atoms with Crippen molar-refractivity contribution in [1.82, 2.24) is 20.1 Å². The number of para-hydroxylation sites is 1. The number of aryl methyl sites for hydroxylation is 3. The van der Waals surface area contributed by atoms with E-state index in [2.05, 4.69) is 15.4 Å². The van der Waals surface area contributed by atoms with Crippen molar-refractivity contribution in [3.05, 3.63) is 53.0 Å². The molecule has 5 nitrogen and oxygen atoms in total. The Morgan fingerprint density at radius 2 is 2.07 bits per heavy atom. The van der Waals surface area contributed by atoms with Gasteiger partial charge in [-0.05, 0) is 44.4 Å². The zero-order valence-electron chi connectivity index (χ0n) is 16.0. The second-order valence-electron chi connectivity index (χ2n) is 7.13. The number of halogens is 3. The maximum Gasteiger partial charge on any atom is 0.435 e. The van der Waals surface area contributed by atoms with E-state index in [1.54, 1.807) is 6.92 Å². The summed E-state index contributed by atoms with van der Waals surface area (Å²) in [6.45, 7) is 5.59. The fourth-order valence-corrected chi connectivity index (χ4v) is 3.34. The predicted molar refractivity (Wildman–Crippen MR) is 101 cm³/mol. The Morgan fingerprint density at radius 3 is 2.75 bits per heavy atom. The van der Waals surface area contributed by atoms with Gasteiger partial charge in [-0.15, -0.1) is 0 Å². The third kappa shape index (κ3) is 4.37. The highest BCUT2D eigenvalue weighted by Crippen LogP contribution is 2.28. The fraction of sp³-hybridized carbons (Fsp3) is 0.400. The van der Waals surface area contributed by atoms with Gasteiger partial charge in [0.25, 0.3) is 0 Å². The zero-order chi connectivity index (χ0) is 20.5. The van der Waals surface area contributed by atoms with E-state index in [9.17, 15) is 18.0 Å². The first-order chi connectivity index (χ1) is 13.1. The zero-order valence-corrected chi connectivity index (χ0v) is 16.0. The van der Waals surface area contributed by atoms with E-state index < -0.39 is 11.9 Å². The number of H-pyrrole nitrogens is 1. The Bertz CT molecular complexity index is 987. The highest BCUT2D eigenvalue weighted by molar-refractivity contribution is 5.86. The summed E-state index contributed by atoms with van der Waals surface area (Å²) in [4.78, 5) is 15.5. The van der Waals surface area contributed by atoms with Crippen molar-refractivity contribution >= 4 is 16.8 Å². The highest BCUT2D eigenvalue weighted by Gasteiger charge is 2.34. The van der Waals surface area contributed by atoms with Crippen LogP contribution in [-0.2, 0) is 23.9 Å². The number of rotatable bonds is 6. The quantitative estimate of drug-likeness (QED) is 0.662. The summed E-state index contributed by atoms with van der Waals surface area (Å²) in [5.74, 6) is -0.216. The second-order valence-corrected chi connectivity index (χ2v) is 7.13. The molecule has 0 aliphatic heterocycles. The molecule has 1 aromatic carbocycles. The van der Waals surface area contributed by atoms with E-state index >= 15 is 0 Å². The molecule has 1 unspecified atom stereocenters. The number of carbonyl (C=O) groups is 1. The second kappa shape index (κ2) is 7.69. The Kier molecular flexibility index (Phi) is 5.49. The van der Waals surface area contributed by atoms with Gasteiger partial charge >= 0.3 is 6.18 Å². The number of alkyl halides is 3. The number of aromatic nitrogens is 3. The average molecular weight is 392 g/mol. The standard InChI is InChI=1S/C20H23F3N4O/c1-12-5-4-6-16-15(11-24-19(12)16)9-13(2)25-18(28)7-8-27-14(3)10-17(26-27)20(21,22)23/h4-6,10-11,13,24H,7-9H2,1-3H3,(H,25,28). The number of hydrogen-bond donors (Lipinski definition) is 2. The number of fused-ring (bicyclic) bond motifs is 1. The van der Waals surface area contributed by atoms with Crippen molar-refractivity contribution in [1.29, 1.82) is 0 Å². The summed E-state index contributed by atoms with van der Waals surface area (Å²) in [5, 5.41) is 7.58. The van der Waals surface area contributed by atoms with Crippen LogP contribution >= 0.6 is 0 Å². The van der Waals surface area contributed by atoms with E-state index in [0.29, 0.717) is 12.1 Å². The Hall–Kier alpha value is -2.77. The topological polar surface area (TPSA) is 62.7 Å². The van der Waals surface area contributed by atoms with Gasteiger partial charge in [-0.2, -0.15) is 18.3 Å². The molecule has 150 valence electrons. The number of nitrogens with one attached hydrogen (secondary N) is 2. The van der Waals surface area contributed by atoms with E-state index in [-0.39, 0.29) is 24.9 Å². The lowest BCUT2D eigenvalue weighted by atomic mass is 10.0. The summed E-state index contributed by atoms with van der Waals surface area (Å²) in [6.07, 6.45) is -1.80. The summed E-state index contributed by atoms with van der Waals surface area (Å²) in [6, 6.07) is 6.97. The minimum Gasteiger partial charge on any atom is -0.361 e. The number of nitrogens with zero attached hydrogens (tertiary/aromatic N) is 2. The molecule has 1 atom stereocenters. The van der Waals surface area contributed by atoms with Crippen molar-refractivity contribution in [3.63, 3.8) is 0 Å². The molecule has 8 heteroatoms. The van der Waals surface area contributed by atoms with Gasteiger partial charge in [-0.25, -0.2) is 0 Å². The normalized spacial score (nSPS) is 13.1. The van der Waals surface area contributed by atoms with Gasteiger partial charge < -0.3 is 10.3 Å². The lowest BCUT2D eigenvalue weighted by molar-refractivity contribution is -0.141. The summed E-state index contributed by atoms with van der Waals surface area (Å²) in [5.41, 5.74) is 2.80. The molecule has 3 aromatic rings. The van der Waals surface area contributed by atoms with Crippen LogP contribution in [0.2, 0.25) is 0 Å². The SMILES string of the molecule is Cc1cccc2c(CC(C)NC(=O)CCn3nc(C(F)(F)F)cc3C)c[nH]c12. The lowest BCUT2D eigenvalue weighted by Crippen LogP contribution is -2.34. The van der Waals surface area contributed by atoms with Gasteiger partial charge in [-0.1, -0.05) is 18.2 Å². The van der Waals surface area contributed by atoms with Crippen molar-refractivity contribution < 1.29 is 18.0 Å². The molecule has 0 saturated carbocycles. The summed E-state index contributed by atoms with van der Waals surface area (Å²) in [7, 11) is 0. The highest BCUT2D eigenvalue weighted by atomic mass is 19.4. The van der Waals surface area contributed by atoms with Gasteiger partial charge in [0.05, 0.1) is 0 Å². The van der Waals surface area contributed by atoms with Crippen molar-refractivity contribution in [3.8, 4) is 0 Å². The van der Waals surface area contributed by atoms with Crippen LogP contribution in [-0.4, -0.2) is 26.7 Å². The molecule has 0 fully saturated rings. The maximum atomic E-state index is 12.7. The molecule has 1 amide bonds. The van der Waals surface area contributed by atoms with Crippen LogP contribution in [0.25, 0.3) is 10.9 Å². The Labute approximate surface area is 160 Å². The molecular weight excluding hydrogens is 369 g/mol. The van der Waals surface area contributed by atoms with Gasteiger partial charge in [0, 0.05) is 41.8 Å². The predicted octanol–water partition coefficient (Wildman–Crippen LogP) is 4.14. The van der Waals surface area contributed by atoms with Crippen molar-refractivity contribution in [2.45, 2.75) is 52.4 Å². The smallest absolute Gasteiger partial charge is 0.361 e. The van der Waals surface area contributed by atoms with E-state index in [1.165, 1.54) is 4.68 Å². The first-order valence-corrected chi connectivity index (χ1v) is 9.11. The molecule has 0 aliphatic rings. The third-order valence-electron chi connectivity index (χ3n) is 4.77. The molecule has 0 spiro atoms. The number of carbonyl (C=O) groups excluding carboxylic acids is 1. The van der Waals surface area contributed by atoms with Gasteiger partial charge in [-0.3, -0.25) is 9.48 Å². The molecule has 2 aromatic heterocycles. The van der Waals surface area contributed by atoms with Gasteiger partial charge in [0.15, 0.2) is 5.69 Å². The first-order valence-electron chi connectivity index (χ1n) is 9.11. The summed E-state index contributed by atoms with van der Waals surface area (Å²) >= 11 is 0. The Morgan fingerprint density at radius 1 is 1.32 bits per heavy atom. The largest absolute Gasteiger partial charge is 0.435 e. The molecule has 0 bridgehead atoms. The van der Waals surface area contributed by atoms with Gasteiger partial charge in [0.1, 0.15) is 0 Å². The van der Waals surface area contributed by atoms with Crippen LogP contribution in [0.1, 0.15) is 35.9 Å². The summed E-state index contributed by atoms with van der Waals surface area (Å²) < 4.78 is 39.3.